The molecule has 0 amide bonds. The van der Waals surface area contributed by atoms with Crippen LogP contribution in [0.2, 0.25) is 0 Å². The predicted octanol–water partition coefficient (Wildman–Crippen LogP) is 25.2. The molecule has 0 aliphatic carbocycles. The van der Waals surface area contributed by atoms with E-state index in [4.69, 9.17) is 33.2 Å². The number of unbranched alkanes of at least 4 members (excludes halogenated alkanes) is 18. The molecule has 0 saturated heterocycles. The lowest BCUT2D eigenvalue weighted by Gasteiger charge is -2.10. The molecule has 0 heterocycles. The fourth-order valence-electron chi connectivity index (χ4n) is 14.1. The highest BCUT2D eigenvalue weighted by Crippen LogP contribution is 2.34. The van der Waals surface area contributed by atoms with Crippen molar-refractivity contribution in [1.82, 2.24) is 0 Å². The second kappa shape index (κ2) is 74.9. The Balaban J connectivity index is 0.000000774. The van der Waals surface area contributed by atoms with Gasteiger partial charge in [0, 0.05) is 89.4 Å². The first-order valence-electron chi connectivity index (χ1n) is 48.3. The molecule has 0 fully saturated rings. The molecule has 22 heteroatoms. The molecule has 2 atom stereocenters. The number of ketones is 7. The van der Waals surface area contributed by atoms with E-state index < -0.39 is 6.10 Å². The molecule has 7 aromatic rings. The van der Waals surface area contributed by atoms with E-state index in [1.54, 1.807) is 97.1 Å². The molecule has 2 unspecified atom stereocenters. The summed E-state index contributed by atoms with van der Waals surface area (Å²) >= 11 is 0. The molecule has 0 spiro atoms. The molecular weight excluding hydrogens is 1670 g/mol. The van der Waals surface area contributed by atoms with Gasteiger partial charge in [0.2, 0.25) is 0 Å². The third-order valence-corrected chi connectivity index (χ3v) is 22.5. The Morgan fingerprint density at radius 3 is 0.712 bits per heavy atom. The number of methoxy groups -OCH3 is 7. The standard InChI is InChI=1S/C21H34O3.C17H26O4.C17H26O3.C16H24O3.C14H20O3.C13H18O3.C12H16O3/c1-3-4-5-6-7-8-9-10-11-12-19(22)15-13-18-14-16-20(23)21(17-18)24-2;1-3-4-5-6-14(18)12-15(19)9-7-13-8-10-16(20)17(11-13)21-2;1-3-4-5-6-7-8-15(18)11-9-14-10-12-16(19)17(13-14)20-2;1-3-4-5-6-7-14(17)10-8-13-9-11-15(18)16(12-13)19-2;1-3-4-5-12(15)8-6-11-7-9-13(16)14(10-11)17-2;1-4-11(14)9(2)7-10-5-6-12(15)13(8-10)16-3;1-3-10(13)6-4-9-5-7-11(14)12(8-9)15-2/h14,16-17,23H,3-13,15H2,1-2H3;8,10-11,14,18,20H,3-7,9,12H2,1-2H3;10,12-13,19H,3-9,11H2,1-2H3;9,11-12,18H,3-8,10H2,1-2H3;7,9-10,16H,3-6,8H2,1-2H3;5-6,8-9,15H,4,7H2,1-3H3;5,7-8,14H,3-4,6H2,1-2H3. The fourth-order valence-corrected chi connectivity index (χ4v) is 14.1. The van der Waals surface area contributed by atoms with E-state index in [1.165, 1.54) is 133 Å². The highest BCUT2D eigenvalue weighted by Gasteiger charge is 2.17. The van der Waals surface area contributed by atoms with Gasteiger partial charge >= 0.3 is 0 Å². The van der Waals surface area contributed by atoms with Crippen LogP contribution in [0.3, 0.4) is 0 Å². The minimum atomic E-state index is -0.515. The number of carbonyl (C=O) groups excluding carboxylic acids is 7. The number of aromatic hydroxyl groups is 7. The molecule has 8 N–H and O–H groups in total. The minimum absolute atomic E-state index is 0.0132. The van der Waals surface area contributed by atoms with Gasteiger partial charge in [-0.3, -0.25) is 33.6 Å². The number of carbonyl (C=O) groups is 7. The number of hydrogen-bond donors (Lipinski definition) is 8. The van der Waals surface area contributed by atoms with Crippen molar-refractivity contribution >= 4 is 40.5 Å². The van der Waals surface area contributed by atoms with Crippen molar-refractivity contribution in [3.63, 3.8) is 0 Å². The van der Waals surface area contributed by atoms with Gasteiger partial charge in [0.15, 0.2) is 80.5 Å². The zero-order valence-electron chi connectivity index (χ0n) is 82.7. The van der Waals surface area contributed by atoms with E-state index in [1.807, 2.05) is 51.1 Å². The normalized spacial score (nSPS) is 10.9. The van der Waals surface area contributed by atoms with Crippen molar-refractivity contribution in [3.05, 3.63) is 166 Å². The monoisotopic (exact) mass is 1840 g/mol. The summed E-state index contributed by atoms with van der Waals surface area (Å²) in [5, 5.41) is 76.1. The third kappa shape index (κ3) is 55.7. The lowest BCUT2D eigenvalue weighted by Crippen LogP contribution is -2.13. The van der Waals surface area contributed by atoms with Gasteiger partial charge in [0.05, 0.1) is 55.9 Å². The van der Waals surface area contributed by atoms with Crippen LogP contribution in [-0.2, 0) is 78.5 Å². The molecule has 132 heavy (non-hydrogen) atoms. The highest BCUT2D eigenvalue weighted by molar-refractivity contribution is 5.82. The number of Topliss-reactive ketones (excluding diaryl/α,β-unsaturated/α-hetero) is 7. The number of aliphatic hydroxyl groups excluding tert-OH is 1. The Morgan fingerprint density at radius 1 is 0.250 bits per heavy atom. The highest BCUT2D eigenvalue weighted by atomic mass is 16.5. The molecule has 736 valence electrons. The van der Waals surface area contributed by atoms with Crippen molar-refractivity contribution in [3.8, 4) is 80.5 Å². The smallest absolute Gasteiger partial charge is 0.160 e. The summed E-state index contributed by atoms with van der Waals surface area (Å²) in [5.41, 5.74) is 7.05. The van der Waals surface area contributed by atoms with Crippen LogP contribution in [0, 0.1) is 5.92 Å². The van der Waals surface area contributed by atoms with E-state index in [-0.39, 0.29) is 69.9 Å². The van der Waals surface area contributed by atoms with Gasteiger partial charge < -0.3 is 74.0 Å². The molecule has 0 aliphatic heterocycles. The van der Waals surface area contributed by atoms with E-state index in [2.05, 4.69) is 34.6 Å². The minimum Gasteiger partial charge on any atom is -0.504 e. The average molecular weight is 1840 g/mol. The lowest BCUT2D eigenvalue weighted by molar-refractivity contribution is -0.122. The summed E-state index contributed by atoms with van der Waals surface area (Å²) in [5.74, 6) is 5.98. The van der Waals surface area contributed by atoms with Crippen molar-refractivity contribution in [2.45, 2.75) is 344 Å². The summed E-state index contributed by atoms with van der Waals surface area (Å²) in [7, 11) is 10.6. The number of phenols is 7. The Hall–Kier alpha value is -10.6. The second-order valence-corrected chi connectivity index (χ2v) is 33.6. The van der Waals surface area contributed by atoms with Crippen LogP contribution in [0.4, 0.5) is 0 Å². The van der Waals surface area contributed by atoms with E-state index in [0.717, 1.165) is 103 Å². The summed E-state index contributed by atoms with van der Waals surface area (Å²) in [6.45, 7) is 16.5. The van der Waals surface area contributed by atoms with Crippen LogP contribution in [0.25, 0.3) is 0 Å². The van der Waals surface area contributed by atoms with Crippen molar-refractivity contribution in [2.24, 2.45) is 5.92 Å². The third-order valence-electron chi connectivity index (χ3n) is 22.5. The molecule has 0 radical (unpaired) electrons. The van der Waals surface area contributed by atoms with Crippen molar-refractivity contribution in [1.29, 1.82) is 0 Å². The SMILES string of the molecule is CCC(=O)C(C)Cc1ccc(O)c(OC)c1.CCC(=O)CCc1ccc(O)c(OC)c1.CCCCC(=O)CCc1ccc(O)c(OC)c1.CCCCCC(O)CC(=O)CCc1ccc(O)c(OC)c1.CCCCCCC(=O)CCc1ccc(O)c(OC)c1.CCCCCCCC(=O)CCc1ccc(O)c(OC)c1.CCCCCCCCCCCC(=O)CCc1ccc(O)c(OC)c1. The molecule has 0 saturated carbocycles. The summed E-state index contributed by atoms with van der Waals surface area (Å²) in [4.78, 5) is 81.4. The van der Waals surface area contributed by atoms with Crippen LogP contribution in [0.1, 0.15) is 332 Å². The van der Waals surface area contributed by atoms with Gasteiger partial charge in [-0.1, -0.05) is 220 Å². The van der Waals surface area contributed by atoms with Crippen LogP contribution >= 0.6 is 0 Å². The zero-order chi connectivity index (χ0) is 98.2. The molecule has 7 aromatic carbocycles. The van der Waals surface area contributed by atoms with Crippen LogP contribution in [0.15, 0.2) is 127 Å². The Bertz CT molecular complexity index is 4340. The Kier molecular flexibility index (Phi) is 67.7. The first-order valence-corrected chi connectivity index (χ1v) is 48.3. The lowest BCUT2D eigenvalue weighted by atomic mass is 9.95. The number of aliphatic hydroxyl groups is 1. The van der Waals surface area contributed by atoms with Gasteiger partial charge in [-0.15, -0.1) is 0 Å². The Labute approximate surface area is 790 Å². The summed E-state index contributed by atoms with van der Waals surface area (Å²) in [6, 6.07) is 36.4. The summed E-state index contributed by atoms with van der Waals surface area (Å²) in [6.07, 6.45) is 39.6. The number of phenolic OH excluding ortho intramolecular Hbond substituents is 7. The molecule has 22 nitrogen and oxygen atoms in total. The van der Waals surface area contributed by atoms with Gasteiger partial charge in [-0.05, 0) is 201 Å². The summed E-state index contributed by atoms with van der Waals surface area (Å²) < 4.78 is 35.3. The van der Waals surface area contributed by atoms with Crippen LogP contribution in [0.5, 0.6) is 80.5 Å². The number of benzene rings is 7. The maximum atomic E-state index is 12.0. The van der Waals surface area contributed by atoms with E-state index in [0.29, 0.717) is 192 Å². The number of hydrogen-bond acceptors (Lipinski definition) is 22. The quantitative estimate of drug-likeness (QED) is 0.0164. The van der Waals surface area contributed by atoms with E-state index in [9.17, 15) is 74.4 Å². The first-order chi connectivity index (χ1) is 63.5. The number of rotatable bonds is 60. The van der Waals surface area contributed by atoms with Gasteiger partial charge in [0.25, 0.3) is 0 Å². The van der Waals surface area contributed by atoms with Crippen LogP contribution in [-0.4, -0.2) is 137 Å². The maximum Gasteiger partial charge on any atom is 0.160 e. The van der Waals surface area contributed by atoms with E-state index >= 15 is 0 Å². The van der Waals surface area contributed by atoms with Gasteiger partial charge in [-0.2, -0.15) is 0 Å². The van der Waals surface area contributed by atoms with Gasteiger partial charge in [-0.25, -0.2) is 0 Å². The van der Waals surface area contributed by atoms with Crippen LogP contribution < -0.4 is 33.2 Å². The van der Waals surface area contributed by atoms with Crippen molar-refractivity contribution in [2.75, 3.05) is 49.8 Å². The maximum absolute atomic E-state index is 12.0. The van der Waals surface area contributed by atoms with Gasteiger partial charge in [0.1, 0.15) is 40.5 Å². The fraction of sp³-hybridized carbons (Fsp3) is 0.555. The van der Waals surface area contributed by atoms with Crippen molar-refractivity contribution < 1.29 is 108 Å². The number of aryl methyl sites for hydroxylation is 6. The molecular formula is C110H164O22. The molecule has 7 rings (SSSR count). The topological polar surface area (TPSA) is 346 Å². The molecule has 0 aliphatic rings. The number of ether oxygens (including phenoxy) is 7. The average Bonchev–Trinajstić information content (AvgIpc) is 0.817. The zero-order valence-corrected chi connectivity index (χ0v) is 82.7. The first kappa shape index (κ1) is 119. The molecule has 0 bridgehead atoms. The largest absolute Gasteiger partial charge is 0.504 e. The predicted molar refractivity (Wildman–Crippen MR) is 529 cm³/mol. The Morgan fingerprint density at radius 2 is 0.462 bits per heavy atom. The molecule has 0 aromatic heterocycles. The second-order valence-electron chi connectivity index (χ2n) is 33.6.